The molecular weight excluding hydrogens is 296 g/mol. The van der Waals surface area contributed by atoms with Crippen LogP contribution < -0.4 is 9.42 Å². The molecule has 0 unspecified atom stereocenters. The normalized spacial score (nSPS) is 10.5. The average molecular weight is 311 g/mol. The van der Waals surface area contributed by atoms with Crippen molar-refractivity contribution in [3.8, 4) is 17.0 Å². The Morgan fingerprint density at radius 2 is 1.87 bits per heavy atom. The molecule has 3 rings (SSSR count). The number of aromatic nitrogens is 3. The summed E-state index contributed by atoms with van der Waals surface area (Å²) < 4.78 is 9.04. The van der Waals surface area contributed by atoms with Gasteiger partial charge < -0.3 is 4.74 Å². The molecule has 0 saturated carbocycles. The highest BCUT2D eigenvalue weighted by Gasteiger charge is 2.14. The number of nitro groups is 1. The lowest BCUT2D eigenvalue weighted by Gasteiger charge is -2.01. The van der Waals surface area contributed by atoms with Gasteiger partial charge in [0.1, 0.15) is 12.8 Å². The number of non-ortho nitro benzene ring substituents is 1. The Kier molecular flexibility index (Phi) is 4.01. The van der Waals surface area contributed by atoms with Gasteiger partial charge in [-0.2, -0.15) is 0 Å². The molecule has 116 valence electrons. The van der Waals surface area contributed by atoms with Gasteiger partial charge in [0.2, 0.25) is 0 Å². The molecule has 0 amide bonds. The van der Waals surface area contributed by atoms with E-state index in [-0.39, 0.29) is 12.4 Å². The van der Waals surface area contributed by atoms with Gasteiger partial charge in [-0.3, -0.25) is 10.1 Å². The van der Waals surface area contributed by atoms with Gasteiger partial charge >= 0.3 is 0 Å². The number of hydrogen-bond acceptors (Lipinski definition) is 4. The summed E-state index contributed by atoms with van der Waals surface area (Å²) in [5.74, 6) is 0.551. The zero-order chi connectivity index (χ0) is 16.2. The van der Waals surface area contributed by atoms with Crippen molar-refractivity contribution < 1.29 is 14.3 Å². The van der Waals surface area contributed by atoms with Crippen molar-refractivity contribution >= 4 is 5.69 Å². The Balaban J connectivity index is 1.70. The smallest absolute Gasteiger partial charge is 0.269 e. The van der Waals surface area contributed by atoms with Crippen LogP contribution in [0.5, 0.6) is 5.75 Å². The van der Waals surface area contributed by atoms with Crippen LogP contribution in [0.1, 0.15) is 0 Å². The molecule has 0 radical (unpaired) electrons. The maximum Gasteiger partial charge on any atom is 0.269 e. The van der Waals surface area contributed by atoms with Crippen molar-refractivity contribution in [2.45, 2.75) is 6.73 Å². The molecule has 2 aromatic carbocycles. The van der Waals surface area contributed by atoms with E-state index in [0.29, 0.717) is 5.75 Å². The Labute approximate surface area is 132 Å². The van der Waals surface area contributed by atoms with Gasteiger partial charge in [-0.25, -0.2) is 0 Å². The highest BCUT2D eigenvalue weighted by Crippen LogP contribution is 2.18. The molecule has 0 N–H and O–H groups in total. The molecule has 7 nitrogen and oxygen atoms in total. The van der Waals surface area contributed by atoms with Crippen LogP contribution >= 0.6 is 0 Å². The fourth-order valence-corrected chi connectivity index (χ4v) is 2.21. The van der Waals surface area contributed by atoms with Gasteiger partial charge in [-0.1, -0.05) is 30.3 Å². The van der Waals surface area contributed by atoms with Crippen LogP contribution in [-0.4, -0.2) is 14.8 Å². The van der Waals surface area contributed by atoms with Gasteiger partial charge in [0.15, 0.2) is 11.9 Å². The van der Waals surface area contributed by atoms with Crippen molar-refractivity contribution in [2.75, 3.05) is 0 Å². The molecular formula is C16H15N4O3+. The molecule has 0 aliphatic rings. The van der Waals surface area contributed by atoms with E-state index in [1.807, 2.05) is 43.6 Å². The van der Waals surface area contributed by atoms with Gasteiger partial charge in [-0.15, -0.1) is 9.36 Å². The van der Waals surface area contributed by atoms with E-state index in [2.05, 4.69) is 5.21 Å². The van der Waals surface area contributed by atoms with Crippen molar-refractivity contribution in [1.82, 2.24) is 9.90 Å². The van der Waals surface area contributed by atoms with Crippen LogP contribution in [0.4, 0.5) is 5.69 Å². The lowest BCUT2D eigenvalue weighted by Crippen LogP contribution is -2.38. The topological polar surface area (TPSA) is 74.1 Å². The highest BCUT2D eigenvalue weighted by molar-refractivity contribution is 5.57. The van der Waals surface area contributed by atoms with Crippen LogP contribution in [0.3, 0.4) is 0 Å². The standard InChI is InChI=1S/C16H15N4O3/c1-18-16(13-5-3-2-4-6-13)11-19(17-18)12-23-15-9-7-14(8-10-15)20(21)22/h2-11H,12H2,1H3/q+1. The SMILES string of the molecule is Cn1n[n+](COc2ccc([N+](=O)[O-])cc2)cc1-c1ccccc1. The van der Waals surface area contributed by atoms with E-state index in [0.717, 1.165) is 11.3 Å². The second kappa shape index (κ2) is 6.27. The van der Waals surface area contributed by atoms with E-state index in [4.69, 9.17) is 4.74 Å². The maximum absolute atomic E-state index is 10.6. The molecule has 0 spiro atoms. The van der Waals surface area contributed by atoms with Crippen molar-refractivity contribution in [3.63, 3.8) is 0 Å². The molecule has 1 heterocycles. The van der Waals surface area contributed by atoms with Gasteiger partial charge in [0, 0.05) is 17.7 Å². The number of nitrogens with zero attached hydrogens (tertiary/aromatic N) is 4. The summed E-state index contributed by atoms with van der Waals surface area (Å²) in [5.41, 5.74) is 2.07. The quantitative estimate of drug-likeness (QED) is 0.412. The van der Waals surface area contributed by atoms with Crippen molar-refractivity contribution in [1.29, 1.82) is 0 Å². The predicted molar refractivity (Wildman–Crippen MR) is 82.6 cm³/mol. The van der Waals surface area contributed by atoms with Gasteiger partial charge in [0.05, 0.1) is 10.1 Å². The number of aryl methyl sites for hydroxylation is 1. The van der Waals surface area contributed by atoms with Gasteiger partial charge in [-0.05, 0) is 12.1 Å². The lowest BCUT2D eigenvalue weighted by molar-refractivity contribution is -0.779. The Bertz CT molecular complexity index is 813. The van der Waals surface area contributed by atoms with Crippen LogP contribution in [0.15, 0.2) is 60.8 Å². The highest BCUT2D eigenvalue weighted by atomic mass is 16.6. The number of rotatable bonds is 5. The fourth-order valence-electron chi connectivity index (χ4n) is 2.21. The van der Waals surface area contributed by atoms with Crippen LogP contribution in [-0.2, 0) is 13.8 Å². The minimum absolute atomic E-state index is 0.0363. The molecule has 1 aromatic heterocycles. The molecule has 0 fully saturated rings. The molecule has 0 saturated heterocycles. The molecule has 23 heavy (non-hydrogen) atoms. The summed E-state index contributed by atoms with van der Waals surface area (Å²) >= 11 is 0. The largest absolute Gasteiger partial charge is 0.452 e. The van der Waals surface area contributed by atoms with E-state index in [1.165, 1.54) is 12.1 Å². The third-order valence-corrected chi connectivity index (χ3v) is 3.35. The predicted octanol–water partition coefficient (Wildman–Crippen LogP) is 2.32. The zero-order valence-electron chi connectivity index (χ0n) is 12.5. The second-order valence-electron chi connectivity index (χ2n) is 4.96. The Morgan fingerprint density at radius 3 is 2.52 bits per heavy atom. The summed E-state index contributed by atoms with van der Waals surface area (Å²) in [7, 11) is 1.87. The van der Waals surface area contributed by atoms with Crippen LogP contribution in [0, 0.1) is 10.1 Å². The third-order valence-electron chi connectivity index (χ3n) is 3.35. The van der Waals surface area contributed by atoms with Crippen molar-refractivity contribution in [2.24, 2.45) is 7.05 Å². The minimum Gasteiger partial charge on any atom is -0.452 e. The van der Waals surface area contributed by atoms with Gasteiger partial charge in [0.25, 0.3) is 12.4 Å². The molecule has 7 heteroatoms. The Morgan fingerprint density at radius 1 is 1.17 bits per heavy atom. The third kappa shape index (κ3) is 3.34. The number of benzene rings is 2. The van der Waals surface area contributed by atoms with E-state index in [1.54, 1.807) is 21.5 Å². The summed E-state index contributed by atoms with van der Waals surface area (Å²) in [6.45, 7) is 0.221. The Hall–Kier alpha value is -3.22. The number of nitro benzene ring substituents is 1. The minimum atomic E-state index is -0.441. The average Bonchev–Trinajstić information content (AvgIpc) is 2.95. The van der Waals surface area contributed by atoms with E-state index >= 15 is 0 Å². The zero-order valence-corrected chi connectivity index (χ0v) is 12.5. The number of hydrogen-bond donors (Lipinski definition) is 0. The summed E-state index contributed by atoms with van der Waals surface area (Å²) in [5, 5.41) is 15.0. The summed E-state index contributed by atoms with van der Waals surface area (Å²) in [6.07, 6.45) is 1.89. The van der Waals surface area contributed by atoms with Crippen molar-refractivity contribution in [3.05, 3.63) is 70.9 Å². The first kappa shape index (κ1) is 14.7. The van der Waals surface area contributed by atoms with E-state index in [9.17, 15) is 10.1 Å². The first-order valence-corrected chi connectivity index (χ1v) is 7.00. The first-order chi connectivity index (χ1) is 11.1. The molecule has 0 aliphatic carbocycles. The second-order valence-corrected chi connectivity index (χ2v) is 4.96. The lowest BCUT2D eigenvalue weighted by atomic mass is 10.2. The monoisotopic (exact) mass is 311 g/mol. The summed E-state index contributed by atoms with van der Waals surface area (Å²) in [6, 6.07) is 15.9. The number of ether oxygens (including phenoxy) is 1. The van der Waals surface area contributed by atoms with Crippen LogP contribution in [0.2, 0.25) is 0 Å². The first-order valence-electron chi connectivity index (χ1n) is 7.00. The van der Waals surface area contributed by atoms with E-state index < -0.39 is 4.92 Å². The maximum atomic E-state index is 10.6. The molecule has 3 aromatic rings. The fraction of sp³-hybridized carbons (Fsp3) is 0.125. The summed E-state index contributed by atoms with van der Waals surface area (Å²) in [4.78, 5) is 10.2. The van der Waals surface area contributed by atoms with Crippen LogP contribution in [0.25, 0.3) is 11.3 Å². The molecule has 0 bridgehead atoms. The molecule has 0 atom stereocenters. The molecule has 0 aliphatic heterocycles.